The van der Waals surface area contributed by atoms with Gasteiger partial charge in [0.2, 0.25) is 0 Å². The van der Waals surface area contributed by atoms with Gasteiger partial charge in [0.15, 0.2) is 5.16 Å². The molecule has 1 N–H and O–H groups in total. The first-order valence-corrected chi connectivity index (χ1v) is 6.85. The standard InChI is InChI=1S/C12H15N3O3S/c1-8(6-10-4-3-5-18-10)15-9(2)13-14-12(15)19-7-11(16)17/h3-5,8H,6-7H2,1-2H3,(H,16,17). The van der Waals surface area contributed by atoms with Gasteiger partial charge in [-0.15, -0.1) is 10.2 Å². The molecule has 0 amide bonds. The zero-order chi connectivity index (χ0) is 13.8. The van der Waals surface area contributed by atoms with Crippen LogP contribution in [0, 0.1) is 6.92 Å². The lowest BCUT2D eigenvalue weighted by Gasteiger charge is -2.15. The van der Waals surface area contributed by atoms with Crippen LogP contribution in [0.25, 0.3) is 0 Å². The van der Waals surface area contributed by atoms with Crippen LogP contribution in [0.15, 0.2) is 28.0 Å². The van der Waals surface area contributed by atoms with Crippen molar-refractivity contribution in [2.24, 2.45) is 0 Å². The summed E-state index contributed by atoms with van der Waals surface area (Å²) in [5.74, 6) is 0.767. The Balaban J connectivity index is 2.13. The van der Waals surface area contributed by atoms with Crippen molar-refractivity contribution in [3.8, 4) is 0 Å². The molecule has 1 atom stereocenters. The van der Waals surface area contributed by atoms with E-state index in [2.05, 4.69) is 10.2 Å². The van der Waals surface area contributed by atoms with Gasteiger partial charge < -0.3 is 14.1 Å². The fraction of sp³-hybridized carbons (Fsp3) is 0.417. The maximum atomic E-state index is 10.6. The molecule has 2 rings (SSSR count). The van der Waals surface area contributed by atoms with Crippen LogP contribution < -0.4 is 0 Å². The van der Waals surface area contributed by atoms with E-state index < -0.39 is 5.97 Å². The predicted molar refractivity (Wildman–Crippen MR) is 70.2 cm³/mol. The molecule has 0 aliphatic rings. The molecule has 7 heteroatoms. The number of carboxylic acids is 1. The van der Waals surface area contributed by atoms with Gasteiger partial charge in [-0.1, -0.05) is 11.8 Å². The number of furan rings is 1. The average molecular weight is 281 g/mol. The molecule has 0 bridgehead atoms. The van der Waals surface area contributed by atoms with Gasteiger partial charge in [0, 0.05) is 12.5 Å². The second kappa shape index (κ2) is 5.92. The summed E-state index contributed by atoms with van der Waals surface area (Å²) in [6.07, 6.45) is 2.35. The molecule has 0 saturated heterocycles. The smallest absolute Gasteiger partial charge is 0.313 e. The molecule has 0 radical (unpaired) electrons. The van der Waals surface area contributed by atoms with E-state index in [0.717, 1.165) is 11.6 Å². The van der Waals surface area contributed by atoms with Crippen molar-refractivity contribution in [2.75, 3.05) is 5.75 Å². The minimum atomic E-state index is -0.865. The van der Waals surface area contributed by atoms with E-state index in [1.165, 1.54) is 11.8 Å². The number of hydrogen-bond donors (Lipinski definition) is 1. The highest BCUT2D eigenvalue weighted by molar-refractivity contribution is 7.99. The van der Waals surface area contributed by atoms with Gasteiger partial charge in [-0.3, -0.25) is 4.79 Å². The van der Waals surface area contributed by atoms with E-state index in [0.29, 0.717) is 11.6 Å². The normalized spacial score (nSPS) is 12.5. The Bertz CT molecular complexity index is 551. The van der Waals surface area contributed by atoms with Crippen LogP contribution >= 0.6 is 11.8 Å². The van der Waals surface area contributed by atoms with E-state index >= 15 is 0 Å². The third kappa shape index (κ3) is 3.37. The fourth-order valence-electron chi connectivity index (χ4n) is 1.89. The number of aryl methyl sites for hydroxylation is 1. The summed E-state index contributed by atoms with van der Waals surface area (Å²) in [5.41, 5.74) is 0. The average Bonchev–Trinajstić information content (AvgIpc) is 2.96. The molecule has 102 valence electrons. The second-order valence-corrected chi connectivity index (χ2v) is 5.16. The fourth-order valence-corrected chi connectivity index (χ4v) is 2.70. The maximum absolute atomic E-state index is 10.6. The molecule has 1 unspecified atom stereocenters. The summed E-state index contributed by atoms with van der Waals surface area (Å²) in [5, 5.41) is 17.4. The van der Waals surface area contributed by atoms with Gasteiger partial charge in [0.25, 0.3) is 0 Å². The predicted octanol–water partition coefficient (Wildman–Crippen LogP) is 2.16. The lowest BCUT2D eigenvalue weighted by Crippen LogP contribution is -2.12. The quantitative estimate of drug-likeness (QED) is 0.817. The van der Waals surface area contributed by atoms with E-state index in [1.54, 1.807) is 6.26 Å². The number of carbonyl (C=O) groups is 1. The zero-order valence-corrected chi connectivity index (χ0v) is 11.6. The molecule has 2 heterocycles. The minimum absolute atomic E-state index is 0.0222. The lowest BCUT2D eigenvalue weighted by molar-refractivity contribution is -0.133. The molecule has 19 heavy (non-hydrogen) atoms. The Morgan fingerprint density at radius 3 is 3.00 bits per heavy atom. The summed E-state index contributed by atoms with van der Waals surface area (Å²) >= 11 is 1.18. The van der Waals surface area contributed by atoms with Crippen LogP contribution in [0.5, 0.6) is 0 Å². The second-order valence-electron chi connectivity index (χ2n) is 4.21. The summed E-state index contributed by atoms with van der Waals surface area (Å²) in [4.78, 5) is 10.6. The summed E-state index contributed by atoms with van der Waals surface area (Å²) < 4.78 is 7.27. The molecular formula is C12H15N3O3S. The Labute approximate surface area is 114 Å². The lowest BCUT2D eigenvalue weighted by atomic mass is 10.2. The number of thioether (sulfide) groups is 1. The topological polar surface area (TPSA) is 81.1 Å². The van der Waals surface area contributed by atoms with Gasteiger partial charge in [0.05, 0.1) is 12.0 Å². The number of carboxylic acid groups (broad SMARTS) is 1. The van der Waals surface area contributed by atoms with Crippen molar-refractivity contribution >= 4 is 17.7 Å². The third-order valence-corrected chi connectivity index (χ3v) is 3.61. The van der Waals surface area contributed by atoms with Gasteiger partial charge in [-0.05, 0) is 26.0 Å². The van der Waals surface area contributed by atoms with Crippen LogP contribution in [0.4, 0.5) is 0 Å². The first-order valence-electron chi connectivity index (χ1n) is 5.86. The number of aromatic nitrogens is 3. The van der Waals surface area contributed by atoms with E-state index in [-0.39, 0.29) is 11.8 Å². The van der Waals surface area contributed by atoms with Crippen molar-refractivity contribution in [3.63, 3.8) is 0 Å². The zero-order valence-electron chi connectivity index (χ0n) is 10.7. The van der Waals surface area contributed by atoms with Gasteiger partial charge >= 0.3 is 5.97 Å². The van der Waals surface area contributed by atoms with Crippen LogP contribution in [0.3, 0.4) is 0 Å². The number of nitrogens with zero attached hydrogens (tertiary/aromatic N) is 3. The molecule has 0 saturated carbocycles. The molecule has 0 fully saturated rings. The van der Waals surface area contributed by atoms with E-state index in [1.807, 2.05) is 30.5 Å². The number of aliphatic carboxylic acids is 1. The van der Waals surface area contributed by atoms with E-state index in [4.69, 9.17) is 9.52 Å². The van der Waals surface area contributed by atoms with Crippen molar-refractivity contribution in [1.29, 1.82) is 0 Å². The highest BCUT2D eigenvalue weighted by Crippen LogP contribution is 2.23. The minimum Gasteiger partial charge on any atom is -0.481 e. The molecule has 0 spiro atoms. The molecule has 0 aliphatic carbocycles. The molecule has 6 nitrogen and oxygen atoms in total. The van der Waals surface area contributed by atoms with Gasteiger partial charge in [-0.2, -0.15) is 0 Å². The Morgan fingerprint density at radius 1 is 1.58 bits per heavy atom. The molecule has 0 aromatic carbocycles. The first kappa shape index (κ1) is 13.7. The number of rotatable bonds is 6. The Kier molecular flexibility index (Phi) is 4.26. The first-order chi connectivity index (χ1) is 9.08. The Morgan fingerprint density at radius 2 is 2.37 bits per heavy atom. The van der Waals surface area contributed by atoms with Crippen molar-refractivity contribution in [3.05, 3.63) is 30.0 Å². The molecule has 2 aromatic rings. The number of hydrogen-bond acceptors (Lipinski definition) is 5. The van der Waals surface area contributed by atoms with Crippen LogP contribution in [0.1, 0.15) is 24.6 Å². The van der Waals surface area contributed by atoms with Crippen LogP contribution in [-0.2, 0) is 11.2 Å². The van der Waals surface area contributed by atoms with Gasteiger partial charge in [0.1, 0.15) is 11.6 Å². The highest BCUT2D eigenvalue weighted by atomic mass is 32.2. The molecular weight excluding hydrogens is 266 g/mol. The van der Waals surface area contributed by atoms with Crippen molar-refractivity contribution < 1.29 is 14.3 Å². The largest absolute Gasteiger partial charge is 0.481 e. The van der Waals surface area contributed by atoms with Crippen molar-refractivity contribution in [2.45, 2.75) is 31.5 Å². The molecule has 0 aliphatic heterocycles. The molecule has 2 aromatic heterocycles. The summed E-state index contributed by atoms with van der Waals surface area (Å²) in [6.45, 7) is 3.89. The van der Waals surface area contributed by atoms with Gasteiger partial charge in [-0.25, -0.2) is 0 Å². The van der Waals surface area contributed by atoms with E-state index in [9.17, 15) is 4.79 Å². The van der Waals surface area contributed by atoms with Crippen LogP contribution in [0.2, 0.25) is 0 Å². The maximum Gasteiger partial charge on any atom is 0.313 e. The van der Waals surface area contributed by atoms with Crippen molar-refractivity contribution in [1.82, 2.24) is 14.8 Å². The Hall–Kier alpha value is -1.76. The van der Waals surface area contributed by atoms with Crippen LogP contribution in [-0.4, -0.2) is 31.6 Å². The monoisotopic (exact) mass is 281 g/mol. The SMILES string of the molecule is Cc1nnc(SCC(=O)O)n1C(C)Cc1ccco1. The third-order valence-electron chi connectivity index (χ3n) is 2.68. The highest BCUT2D eigenvalue weighted by Gasteiger charge is 2.17. The summed E-state index contributed by atoms with van der Waals surface area (Å²) in [7, 11) is 0. The summed E-state index contributed by atoms with van der Waals surface area (Å²) in [6, 6.07) is 3.87.